The summed E-state index contributed by atoms with van der Waals surface area (Å²) in [5, 5.41) is 26.1. The van der Waals surface area contributed by atoms with Crippen LogP contribution in [0.2, 0.25) is 0 Å². The lowest BCUT2D eigenvalue weighted by atomic mass is 9.83. The summed E-state index contributed by atoms with van der Waals surface area (Å²) in [6, 6.07) is 24.4. The molecular weight excluding hydrogens is 438 g/mol. The molecule has 0 saturated heterocycles. The van der Waals surface area contributed by atoms with E-state index in [1.54, 1.807) is 7.11 Å². The van der Waals surface area contributed by atoms with Crippen molar-refractivity contribution in [3.8, 4) is 11.8 Å². The Morgan fingerprint density at radius 2 is 2.00 bits per heavy atom. The third kappa shape index (κ3) is 5.64. The summed E-state index contributed by atoms with van der Waals surface area (Å²) in [5.41, 5.74) is 5.84. The van der Waals surface area contributed by atoms with Crippen LogP contribution < -0.4 is 15.4 Å². The summed E-state index contributed by atoms with van der Waals surface area (Å²) in [4.78, 5) is 11.1. The second kappa shape index (κ2) is 11.1. The molecule has 180 valence electrons. The van der Waals surface area contributed by atoms with E-state index in [2.05, 4.69) is 47.9 Å². The van der Waals surface area contributed by atoms with Crippen LogP contribution in [0.25, 0.3) is 0 Å². The Bertz CT molecular complexity index is 1220. The van der Waals surface area contributed by atoms with Crippen molar-refractivity contribution in [2.75, 3.05) is 25.5 Å². The van der Waals surface area contributed by atoms with Gasteiger partial charge in [0.2, 0.25) is 0 Å². The number of benzene rings is 3. The maximum absolute atomic E-state index is 11.1. The summed E-state index contributed by atoms with van der Waals surface area (Å²) in [5.74, 6) is 0.267. The van der Waals surface area contributed by atoms with E-state index < -0.39 is 5.97 Å². The first-order valence-corrected chi connectivity index (χ1v) is 11.9. The second-order valence-corrected chi connectivity index (χ2v) is 9.13. The van der Waals surface area contributed by atoms with Crippen molar-refractivity contribution in [2.24, 2.45) is 5.92 Å². The Labute approximate surface area is 206 Å². The lowest BCUT2D eigenvalue weighted by Crippen LogP contribution is -2.37. The van der Waals surface area contributed by atoms with Crippen LogP contribution in [0, 0.1) is 17.2 Å². The molecule has 1 aliphatic rings. The van der Waals surface area contributed by atoms with Crippen LogP contribution in [0.15, 0.2) is 66.7 Å². The molecule has 0 aromatic heterocycles. The first-order valence-electron chi connectivity index (χ1n) is 11.9. The average molecular weight is 470 g/mol. The largest absolute Gasteiger partial charge is 0.496 e. The molecule has 0 spiro atoms. The number of nitrogens with zero attached hydrogens (tertiary/aromatic N) is 1. The van der Waals surface area contributed by atoms with Crippen LogP contribution in [0.1, 0.15) is 46.7 Å². The van der Waals surface area contributed by atoms with E-state index in [4.69, 9.17) is 9.84 Å². The summed E-state index contributed by atoms with van der Waals surface area (Å²) in [7, 11) is 1.62. The minimum atomic E-state index is -0.859. The summed E-state index contributed by atoms with van der Waals surface area (Å²) < 4.78 is 5.60. The highest BCUT2D eigenvalue weighted by atomic mass is 16.5. The van der Waals surface area contributed by atoms with E-state index in [1.165, 1.54) is 5.56 Å². The second-order valence-electron chi connectivity index (χ2n) is 9.13. The standard InChI is InChI=1S/C29H31N3O3/c1-19(24-12-11-20(14-28(33)34)13-27(24)35-2)17-32-29(21-7-4-3-5-8-21)23-15-25-22(16-30)9-6-10-26(25)31-18-23/h3-13,19,23,29,31-32H,14-15,17-18H2,1-2H3,(H,33,34)/t19-,23+,29+/m0/s1. The third-order valence-electron chi connectivity index (χ3n) is 6.78. The van der Waals surface area contributed by atoms with E-state index in [-0.39, 0.29) is 24.3 Å². The van der Waals surface area contributed by atoms with Crippen molar-refractivity contribution in [1.82, 2.24) is 5.32 Å². The van der Waals surface area contributed by atoms with Crippen LogP contribution in [-0.2, 0) is 17.6 Å². The first-order chi connectivity index (χ1) is 17.0. The number of fused-ring (bicyclic) bond motifs is 1. The molecule has 0 aliphatic carbocycles. The molecule has 35 heavy (non-hydrogen) atoms. The highest BCUT2D eigenvalue weighted by Gasteiger charge is 2.29. The van der Waals surface area contributed by atoms with Crippen molar-refractivity contribution in [3.05, 3.63) is 94.5 Å². The highest BCUT2D eigenvalue weighted by molar-refractivity contribution is 5.70. The smallest absolute Gasteiger partial charge is 0.307 e. The zero-order chi connectivity index (χ0) is 24.8. The number of anilines is 1. The summed E-state index contributed by atoms with van der Waals surface area (Å²) in [6.45, 7) is 3.68. The quantitative estimate of drug-likeness (QED) is 0.412. The molecule has 0 saturated carbocycles. The van der Waals surface area contributed by atoms with E-state index in [0.29, 0.717) is 5.75 Å². The topological polar surface area (TPSA) is 94.4 Å². The number of carbonyl (C=O) groups is 1. The lowest BCUT2D eigenvalue weighted by molar-refractivity contribution is -0.136. The van der Waals surface area contributed by atoms with Gasteiger partial charge in [0.25, 0.3) is 0 Å². The van der Waals surface area contributed by atoms with E-state index >= 15 is 0 Å². The SMILES string of the molecule is COc1cc(CC(=O)O)ccc1[C@@H](C)CN[C@H](c1ccccc1)[C@H]1CNc2cccc(C#N)c2C1. The van der Waals surface area contributed by atoms with Gasteiger partial charge in [-0.3, -0.25) is 4.79 Å². The lowest BCUT2D eigenvalue weighted by Gasteiger charge is -2.34. The molecule has 0 amide bonds. The van der Waals surface area contributed by atoms with Gasteiger partial charge in [0, 0.05) is 24.8 Å². The van der Waals surface area contributed by atoms with Gasteiger partial charge in [-0.1, -0.05) is 55.5 Å². The van der Waals surface area contributed by atoms with Crippen LogP contribution in [-0.4, -0.2) is 31.3 Å². The predicted molar refractivity (Wildman–Crippen MR) is 137 cm³/mol. The Balaban J connectivity index is 1.55. The first kappa shape index (κ1) is 24.3. The molecular formula is C29H31N3O3. The van der Waals surface area contributed by atoms with Crippen LogP contribution in [0.5, 0.6) is 5.75 Å². The van der Waals surface area contributed by atoms with E-state index in [0.717, 1.165) is 47.5 Å². The molecule has 3 N–H and O–H groups in total. The Hall–Kier alpha value is -3.82. The minimum Gasteiger partial charge on any atom is -0.496 e. The van der Waals surface area contributed by atoms with Crippen molar-refractivity contribution < 1.29 is 14.6 Å². The normalized spacial score (nSPS) is 16.3. The molecule has 0 fully saturated rings. The third-order valence-corrected chi connectivity index (χ3v) is 6.78. The number of carboxylic acid groups (broad SMARTS) is 1. The van der Waals surface area contributed by atoms with Crippen molar-refractivity contribution >= 4 is 11.7 Å². The molecule has 4 rings (SSSR count). The van der Waals surface area contributed by atoms with Gasteiger partial charge in [0.15, 0.2) is 0 Å². The van der Waals surface area contributed by atoms with Gasteiger partial charge < -0.3 is 20.5 Å². The van der Waals surface area contributed by atoms with Crippen molar-refractivity contribution in [2.45, 2.75) is 31.7 Å². The fraction of sp³-hybridized carbons (Fsp3) is 0.310. The number of aliphatic carboxylic acids is 1. The number of hydrogen-bond donors (Lipinski definition) is 3. The van der Waals surface area contributed by atoms with E-state index in [9.17, 15) is 10.1 Å². The number of hydrogen-bond acceptors (Lipinski definition) is 5. The summed E-state index contributed by atoms with van der Waals surface area (Å²) >= 11 is 0. The highest BCUT2D eigenvalue weighted by Crippen LogP contribution is 2.35. The zero-order valence-electron chi connectivity index (χ0n) is 20.1. The molecule has 3 aromatic carbocycles. The monoisotopic (exact) mass is 469 g/mol. The minimum absolute atomic E-state index is 0.0276. The molecule has 0 unspecified atom stereocenters. The van der Waals surface area contributed by atoms with Gasteiger partial charge in [-0.15, -0.1) is 0 Å². The fourth-order valence-corrected chi connectivity index (χ4v) is 4.97. The van der Waals surface area contributed by atoms with Crippen molar-refractivity contribution in [1.29, 1.82) is 5.26 Å². The maximum Gasteiger partial charge on any atom is 0.307 e. The van der Waals surface area contributed by atoms with Crippen molar-refractivity contribution in [3.63, 3.8) is 0 Å². The van der Waals surface area contributed by atoms with Crippen LogP contribution in [0.3, 0.4) is 0 Å². The molecule has 1 aliphatic heterocycles. The zero-order valence-corrected chi connectivity index (χ0v) is 20.1. The van der Waals surface area contributed by atoms with Gasteiger partial charge >= 0.3 is 5.97 Å². The molecule has 6 nitrogen and oxygen atoms in total. The molecule has 6 heteroatoms. The Kier molecular flexibility index (Phi) is 7.69. The number of carboxylic acids is 1. The average Bonchev–Trinajstić information content (AvgIpc) is 2.88. The van der Waals surface area contributed by atoms with Crippen LogP contribution in [0.4, 0.5) is 5.69 Å². The van der Waals surface area contributed by atoms with Gasteiger partial charge in [-0.05, 0) is 58.7 Å². The molecule has 0 radical (unpaired) electrons. The Morgan fingerprint density at radius 1 is 1.20 bits per heavy atom. The van der Waals surface area contributed by atoms with E-state index in [1.807, 2.05) is 42.5 Å². The van der Waals surface area contributed by atoms with Gasteiger partial charge in [-0.2, -0.15) is 5.26 Å². The summed E-state index contributed by atoms with van der Waals surface area (Å²) in [6.07, 6.45) is 0.792. The fourth-order valence-electron chi connectivity index (χ4n) is 4.97. The predicted octanol–water partition coefficient (Wildman–Crippen LogP) is 4.91. The number of nitriles is 1. The molecule has 1 heterocycles. The molecule has 0 bridgehead atoms. The maximum atomic E-state index is 11.1. The molecule has 3 aromatic rings. The van der Waals surface area contributed by atoms with Gasteiger partial charge in [0.05, 0.1) is 25.2 Å². The van der Waals surface area contributed by atoms with Gasteiger partial charge in [0.1, 0.15) is 5.75 Å². The van der Waals surface area contributed by atoms with Gasteiger partial charge in [-0.25, -0.2) is 0 Å². The Morgan fingerprint density at radius 3 is 2.71 bits per heavy atom. The molecule has 3 atom stereocenters. The number of nitrogens with one attached hydrogen (secondary N) is 2. The van der Waals surface area contributed by atoms with Crippen LogP contribution >= 0.6 is 0 Å². The number of ether oxygens (including phenoxy) is 1. The number of rotatable bonds is 9. The number of methoxy groups -OCH3 is 1.